The summed E-state index contributed by atoms with van der Waals surface area (Å²) in [6, 6.07) is 17.8. The second-order valence-corrected chi connectivity index (χ2v) is 5.58. The number of nitrogens with one attached hydrogen (secondary N) is 1. The second-order valence-electron chi connectivity index (χ2n) is 5.58. The van der Waals surface area contributed by atoms with E-state index in [9.17, 15) is 4.79 Å². The molecule has 0 aliphatic carbocycles. The molecule has 0 saturated heterocycles. The van der Waals surface area contributed by atoms with Crippen LogP contribution < -0.4 is 5.56 Å². The van der Waals surface area contributed by atoms with E-state index in [4.69, 9.17) is 0 Å². The first kappa shape index (κ1) is 15.0. The molecule has 4 nitrogen and oxygen atoms in total. The summed E-state index contributed by atoms with van der Waals surface area (Å²) in [6.45, 7) is 4.47. The van der Waals surface area contributed by atoms with Crippen LogP contribution in [0.5, 0.6) is 0 Å². The van der Waals surface area contributed by atoms with Crippen LogP contribution in [0.3, 0.4) is 0 Å². The predicted molar refractivity (Wildman–Crippen MR) is 93.6 cm³/mol. The van der Waals surface area contributed by atoms with Gasteiger partial charge < -0.3 is 0 Å². The Bertz CT molecular complexity index is 871. The first-order chi connectivity index (χ1) is 11.1. The van der Waals surface area contributed by atoms with Gasteiger partial charge in [-0.25, -0.2) is 4.68 Å². The number of aromatic amines is 1. The van der Waals surface area contributed by atoms with Crippen LogP contribution in [0.2, 0.25) is 0 Å². The average molecular weight is 305 g/mol. The molecule has 0 radical (unpaired) electrons. The van der Waals surface area contributed by atoms with Crippen molar-refractivity contribution in [2.45, 2.75) is 20.4 Å². The van der Waals surface area contributed by atoms with E-state index in [1.54, 1.807) is 10.9 Å². The van der Waals surface area contributed by atoms with Crippen LogP contribution in [0.1, 0.15) is 22.4 Å². The van der Waals surface area contributed by atoms with Crippen molar-refractivity contribution in [2.24, 2.45) is 4.99 Å². The maximum absolute atomic E-state index is 12.6. The van der Waals surface area contributed by atoms with Crippen molar-refractivity contribution < 1.29 is 0 Å². The Morgan fingerprint density at radius 1 is 1.04 bits per heavy atom. The van der Waals surface area contributed by atoms with E-state index in [0.29, 0.717) is 12.1 Å². The molecule has 0 aliphatic rings. The van der Waals surface area contributed by atoms with Crippen LogP contribution >= 0.6 is 0 Å². The third-order valence-corrected chi connectivity index (χ3v) is 3.75. The Morgan fingerprint density at radius 3 is 2.43 bits per heavy atom. The van der Waals surface area contributed by atoms with Crippen molar-refractivity contribution in [1.82, 2.24) is 9.78 Å². The number of rotatable bonds is 4. The molecule has 116 valence electrons. The van der Waals surface area contributed by atoms with Gasteiger partial charge in [0.2, 0.25) is 0 Å². The van der Waals surface area contributed by atoms with Crippen molar-refractivity contribution in [2.75, 3.05) is 0 Å². The number of nitrogens with zero attached hydrogens (tertiary/aromatic N) is 2. The molecule has 1 aromatic heterocycles. The normalized spacial score (nSPS) is 11.2. The molecular formula is C19H19N3O. The van der Waals surface area contributed by atoms with E-state index in [1.807, 2.05) is 68.4 Å². The van der Waals surface area contributed by atoms with Gasteiger partial charge in [0.1, 0.15) is 0 Å². The van der Waals surface area contributed by atoms with Crippen LogP contribution in [-0.4, -0.2) is 16.0 Å². The van der Waals surface area contributed by atoms with Gasteiger partial charge in [-0.15, -0.1) is 0 Å². The topological polar surface area (TPSA) is 50.1 Å². The van der Waals surface area contributed by atoms with Crippen LogP contribution in [0.4, 0.5) is 0 Å². The fourth-order valence-corrected chi connectivity index (χ4v) is 2.41. The van der Waals surface area contributed by atoms with E-state index >= 15 is 0 Å². The van der Waals surface area contributed by atoms with Crippen LogP contribution in [-0.2, 0) is 6.54 Å². The van der Waals surface area contributed by atoms with Gasteiger partial charge in [0, 0.05) is 11.9 Å². The molecule has 1 N–H and O–H groups in total. The van der Waals surface area contributed by atoms with E-state index in [0.717, 1.165) is 22.5 Å². The standard InChI is InChI=1S/C19H19N3O/c1-14-8-10-17(11-9-14)22-19(23)18(15(2)21-22)13-20-12-16-6-4-3-5-7-16/h3-11,13,21H,12H2,1-2H3. The Labute approximate surface area is 135 Å². The summed E-state index contributed by atoms with van der Waals surface area (Å²) < 4.78 is 1.55. The van der Waals surface area contributed by atoms with Crippen molar-refractivity contribution in [3.05, 3.63) is 87.3 Å². The van der Waals surface area contributed by atoms with E-state index in [1.165, 1.54) is 0 Å². The molecule has 4 heteroatoms. The third-order valence-electron chi connectivity index (χ3n) is 3.75. The number of aromatic nitrogens is 2. The Hall–Kier alpha value is -2.88. The van der Waals surface area contributed by atoms with Gasteiger partial charge in [0.15, 0.2) is 0 Å². The monoisotopic (exact) mass is 305 g/mol. The summed E-state index contributed by atoms with van der Waals surface area (Å²) in [4.78, 5) is 17.0. The van der Waals surface area contributed by atoms with Gasteiger partial charge in [0.05, 0.1) is 17.8 Å². The Kier molecular flexibility index (Phi) is 4.24. The number of aryl methyl sites for hydroxylation is 2. The maximum Gasteiger partial charge on any atom is 0.280 e. The smallest absolute Gasteiger partial charge is 0.280 e. The maximum atomic E-state index is 12.6. The van der Waals surface area contributed by atoms with E-state index < -0.39 is 0 Å². The lowest BCUT2D eigenvalue weighted by Gasteiger charge is -2.01. The van der Waals surface area contributed by atoms with Gasteiger partial charge in [-0.1, -0.05) is 48.0 Å². The molecule has 1 heterocycles. The molecule has 0 bridgehead atoms. The fourth-order valence-electron chi connectivity index (χ4n) is 2.41. The van der Waals surface area contributed by atoms with E-state index in [2.05, 4.69) is 10.1 Å². The summed E-state index contributed by atoms with van der Waals surface area (Å²) >= 11 is 0. The molecule has 23 heavy (non-hydrogen) atoms. The molecule has 0 fully saturated rings. The SMILES string of the molecule is Cc1ccc(-n2[nH]c(C)c(C=NCc3ccccc3)c2=O)cc1. The van der Waals surface area contributed by atoms with Gasteiger partial charge in [0.25, 0.3) is 5.56 Å². The quantitative estimate of drug-likeness (QED) is 0.738. The van der Waals surface area contributed by atoms with Crippen molar-refractivity contribution in [1.29, 1.82) is 0 Å². The molecule has 2 aromatic carbocycles. The molecule has 0 unspecified atom stereocenters. The molecule has 3 aromatic rings. The summed E-state index contributed by atoms with van der Waals surface area (Å²) in [5.41, 5.74) is 4.44. The van der Waals surface area contributed by atoms with Crippen molar-refractivity contribution in [3.8, 4) is 5.69 Å². The lowest BCUT2D eigenvalue weighted by atomic mass is 10.2. The minimum absolute atomic E-state index is 0.0804. The first-order valence-electron chi connectivity index (χ1n) is 7.57. The van der Waals surface area contributed by atoms with Gasteiger partial charge in [-0.05, 0) is 31.5 Å². The highest BCUT2D eigenvalue weighted by molar-refractivity contribution is 5.80. The Morgan fingerprint density at radius 2 is 1.74 bits per heavy atom. The second kappa shape index (κ2) is 6.48. The minimum Gasteiger partial charge on any atom is -0.295 e. The summed E-state index contributed by atoms with van der Waals surface area (Å²) in [6.07, 6.45) is 1.66. The highest BCUT2D eigenvalue weighted by Gasteiger charge is 2.10. The van der Waals surface area contributed by atoms with E-state index in [-0.39, 0.29) is 5.56 Å². The largest absolute Gasteiger partial charge is 0.295 e. The number of H-pyrrole nitrogens is 1. The van der Waals surface area contributed by atoms with Crippen LogP contribution in [0.15, 0.2) is 64.4 Å². The molecule has 0 spiro atoms. The molecule has 0 atom stereocenters. The van der Waals surface area contributed by atoms with Crippen molar-refractivity contribution in [3.63, 3.8) is 0 Å². The number of aliphatic imine (C=N–C) groups is 1. The third kappa shape index (κ3) is 3.31. The summed E-state index contributed by atoms with van der Waals surface area (Å²) in [7, 11) is 0. The molecule has 0 saturated carbocycles. The zero-order valence-corrected chi connectivity index (χ0v) is 13.3. The highest BCUT2D eigenvalue weighted by Crippen LogP contribution is 2.08. The Balaban J connectivity index is 1.86. The zero-order chi connectivity index (χ0) is 16.2. The fraction of sp³-hybridized carbons (Fsp3) is 0.158. The van der Waals surface area contributed by atoms with Gasteiger partial charge in [-0.3, -0.25) is 14.9 Å². The lowest BCUT2D eigenvalue weighted by molar-refractivity contribution is 0.835. The van der Waals surface area contributed by atoms with Gasteiger partial charge in [-0.2, -0.15) is 0 Å². The number of benzene rings is 2. The highest BCUT2D eigenvalue weighted by atomic mass is 16.1. The van der Waals surface area contributed by atoms with Crippen LogP contribution in [0.25, 0.3) is 5.69 Å². The summed E-state index contributed by atoms with van der Waals surface area (Å²) in [5.74, 6) is 0. The minimum atomic E-state index is -0.0804. The number of hydrogen-bond donors (Lipinski definition) is 1. The molecule has 0 amide bonds. The molecule has 0 aliphatic heterocycles. The number of hydrogen-bond acceptors (Lipinski definition) is 2. The average Bonchev–Trinajstić information content (AvgIpc) is 2.85. The molecule has 3 rings (SSSR count). The summed E-state index contributed by atoms with van der Waals surface area (Å²) in [5, 5.41) is 3.11. The van der Waals surface area contributed by atoms with Gasteiger partial charge >= 0.3 is 0 Å². The predicted octanol–water partition coefficient (Wildman–Crippen LogP) is 3.40. The lowest BCUT2D eigenvalue weighted by Crippen LogP contribution is -2.17. The zero-order valence-electron chi connectivity index (χ0n) is 13.3. The molecular weight excluding hydrogens is 286 g/mol. The van der Waals surface area contributed by atoms with Crippen LogP contribution in [0, 0.1) is 13.8 Å². The first-order valence-corrected chi connectivity index (χ1v) is 7.57. The van der Waals surface area contributed by atoms with Crippen molar-refractivity contribution >= 4 is 6.21 Å².